The summed E-state index contributed by atoms with van der Waals surface area (Å²) in [5, 5.41) is 12.1. The van der Waals surface area contributed by atoms with E-state index in [2.05, 4.69) is 72.7 Å². The maximum atomic E-state index is 17.4. The summed E-state index contributed by atoms with van der Waals surface area (Å²) in [7, 11) is -2.30. The third-order valence-corrected chi connectivity index (χ3v) is 18.7. The molecule has 296 valence electrons. The Morgan fingerprint density at radius 3 is 2.57 bits per heavy atom. The first-order chi connectivity index (χ1) is 26.8. The van der Waals surface area contributed by atoms with Crippen LogP contribution in [-0.4, -0.2) is 96.8 Å². The van der Waals surface area contributed by atoms with Gasteiger partial charge in [-0.3, -0.25) is 9.88 Å². The fraction of sp³-hybridized carbons (Fsp3) is 0.535. The number of phenolic OH excluding ortho intramolecular Hbond substituents is 1. The molecule has 0 bridgehead atoms. The molecule has 0 saturated carbocycles. The lowest BCUT2D eigenvalue weighted by molar-refractivity contribution is 0.0799. The Labute approximate surface area is 328 Å². The van der Waals surface area contributed by atoms with Crippen molar-refractivity contribution in [2.75, 3.05) is 50.8 Å². The molecule has 1 N–H and O–H groups in total. The van der Waals surface area contributed by atoms with Crippen molar-refractivity contribution in [1.82, 2.24) is 19.9 Å². The van der Waals surface area contributed by atoms with Crippen molar-refractivity contribution >= 4 is 35.6 Å². The second-order valence-electron chi connectivity index (χ2n) is 16.7. The molecule has 13 heteroatoms. The van der Waals surface area contributed by atoms with Crippen LogP contribution in [0.25, 0.3) is 37.8 Å². The maximum Gasteiger partial charge on any atom is 0.319 e. The highest BCUT2D eigenvalue weighted by molar-refractivity contribution is 6.90. The average molecular weight is 785 g/mol. The fourth-order valence-corrected chi connectivity index (χ4v) is 15.0. The lowest BCUT2D eigenvalue weighted by Crippen LogP contribution is -2.43. The summed E-state index contributed by atoms with van der Waals surface area (Å²) < 4.78 is 60.3. The number of benzene rings is 2. The van der Waals surface area contributed by atoms with Gasteiger partial charge in [0.1, 0.15) is 55.6 Å². The van der Waals surface area contributed by atoms with E-state index in [-0.39, 0.29) is 53.4 Å². The minimum atomic E-state index is -2.30. The average Bonchev–Trinajstić information content (AvgIpc) is 3.57. The molecule has 7 rings (SSSR count). The van der Waals surface area contributed by atoms with Gasteiger partial charge in [0, 0.05) is 43.3 Å². The molecule has 2 aromatic heterocycles. The molecule has 3 aliphatic rings. The first-order valence-corrected chi connectivity index (χ1v) is 22.1. The Bertz CT molecular complexity index is 2210. The van der Waals surface area contributed by atoms with E-state index in [1.54, 1.807) is 6.07 Å². The monoisotopic (exact) mass is 784 g/mol. The molecule has 0 aliphatic carbocycles. The molecule has 3 atom stereocenters. The molecular formula is C43H51F3N6O3Si. The SMILES string of the molecule is [C-]#[N+]CC1CN(c2nc(OC[C@@]34CCCN3C[C@H](F)C4)nc3c(F)c(-c4cc(O)cc5ccc(F)c(C#C[Si](C(C)C)(C(C)C)C(C)C)c45)ncc23)CCCO1. The van der Waals surface area contributed by atoms with Crippen molar-refractivity contribution in [2.45, 2.75) is 102 Å². The summed E-state index contributed by atoms with van der Waals surface area (Å²) in [5.74, 6) is 2.17. The normalized spacial score (nSPS) is 21.8. The Balaban J connectivity index is 1.41. The van der Waals surface area contributed by atoms with Gasteiger partial charge in [-0.15, -0.1) is 5.54 Å². The van der Waals surface area contributed by atoms with E-state index in [0.29, 0.717) is 77.7 Å². The molecular weight excluding hydrogens is 734 g/mol. The lowest BCUT2D eigenvalue weighted by Gasteiger charge is -2.38. The van der Waals surface area contributed by atoms with Gasteiger partial charge in [-0.25, -0.2) is 19.7 Å². The van der Waals surface area contributed by atoms with Crippen LogP contribution in [0.1, 0.15) is 72.8 Å². The number of fused-ring (bicyclic) bond motifs is 3. The molecule has 0 amide bonds. The van der Waals surface area contributed by atoms with Gasteiger partial charge in [0.2, 0.25) is 6.54 Å². The van der Waals surface area contributed by atoms with Gasteiger partial charge in [0.05, 0.1) is 23.0 Å². The summed E-state index contributed by atoms with van der Waals surface area (Å²) in [6.45, 7) is 23.3. The number of aromatic hydroxyl groups is 1. The van der Waals surface area contributed by atoms with Crippen LogP contribution < -0.4 is 9.64 Å². The van der Waals surface area contributed by atoms with E-state index in [9.17, 15) is 9.50 Å². The van der Waals surface area contributed by atoms with Crippen molar-refractivity contribution in [3.05, 3.63) is 59.1 Å². The predicted molar refractivity (Wildman–Crippen MR) is 216 cm³/mol. The Hall–Kier alpha value is -4.43. The zero-order valence-corrected chi connectivity index (χ0v) is 34.1. The number of hydrogen-bond donors (Lipinski definition) is 1. The minimum Gasteiger partial charge on any atom is -0.508 e. The van der Waals surface area contributed by atoms with E-state index in [1.165, 1.54) is 24.4 Å². The highest BCUT2D eigenvalue weighted by atomic mass is 28.3. The number of nitrogens with zero attached hydrogens (tertiary/aromatic N) is 6. The van der Waals surface area contributed by atoms with Gasteiger partial charge in [0.15, 0.2) is 5.82 Å². The number of pyridine rings is 1. The van der Waals surface area contributed by atoms with Crippen LogP contribution in [0.5, 0.6) is 11.8 Å². The summed E-state index contributed by atoms with van der Waals surface area (Å²) in [6, 6.07) is 5.74. The summed E-state index contributed by atoms with van der Waals surface area (Å²) in [5.41, 5.74) is 4.15. The van der Waals surface area contributed by atoms with Crippen LogP contribution in [-0.2, 0) is 4.74 Å². The van der Waals surface area contributed by atoms with E-state index in [0.717, 1.165) is 19.4 Å². The molecule has 3 saturated heterocycles. The molecule has 9 nitrogen and oxygen atoms in total. The largest absolute Gasteiger partial charge is 0.508 e. The molecule has 3 aliphatic heterocycles. The standard InChI is InChI=1S/C43H51F3N6O3Si/c1-26(2)56(27(3)4,28(5)6)17-12-33-36(45)11-10-29-18-31(53)19-34(37(29)33)39-38(46)40-35(22-48-39)41(51-14-9-16-54-32(24-51)21-47-7)50-42(49-40)55-25-43-13-8-15-52(43)23-30(44)20-43/h10-11,18-19,22,26-28,30,32,53H,8-9,13-16,20-21,23-25H2,1-6H3/t30-,32?,43+/m1/s1. The van der Waals surface area contributed by atoms with Crippen LogP contribution in [0.2, 0.25) is 16.6 Å². The first-order valence-electron chi connectivity index (χ1n) is 19.8. The number of rotatable bonds is 9. The number of ether oxygens (including phenoxy) is 2. The van der Waals surface area contributed by atoms with Crippen LogP contribution in [0.3, 0.4) is 0 Å². The molecule has 0 radical (unpaired) electrons. The van der Waals surface area contributed by atoms with Crippen LogP contribution >= 0.6 is 0 Å². The number of hydrogen-bond acceptors (Lipinski definition) is 8. The zero-order valence-electron chi connectivity index (χ0n) is 33.1. The number of halogens is 3. The van der Waals surface area contributed by atoms with Crippen LogP contribution in [0, 0.1) is 29.7 Å². The van der Waals surface area contributed by atoms with Gasteiger partial charge < -0.3 is 24.3 Å². The van der Waals surface area contributed by atoms with Gasteiger partial charge in [-0.05, 0) is 66.0 Å². The second-order valence-corrected chi connectivity index (χ2v) is 22.3. The van der Waals surface area contributed by atoms with Gasteiger partial charge >= 0.3 is 6.01 Å². The van der Waals surface area contributed by atoms with E-state index in [4.69, 9.17) is 21.0 Å². The summed E-state index contributed by atoms with van der Waals surface area (Å²) in [4.78, 5) is 21.7. The number of anilines is 1. The van der Waals surface area contributed by atoms with Crippen LogP contribution in [0.15, 0.2) is 30.5 Å². The van der Waals surface area contributed by atoms with Gasteiger partial charge in [-0.1, -0.05) is 53.5 Å². The second kappa shape index (κ2) is 15.8. The molecule has 1 unspecified atom stereocenters. The zero-order chi connectivity index (χ0) is 39.9. The smallest absolute Gasteiger partial charge is 0.319 e. The minimum absolute atomic E-state index is 0.0605. The Kier molecular flexibility index (Phi) is 11.3. The van der Waals surface area contributed by atoms with Crippen molar-refractivity contribution < 1.29 is 27.8 Å². The molecule has 2 aromatic carbocycles. The fourth-order valence-electron chi connectivity index (χ4n) is 9.80. The predicted octanol–water partition coefficient (Wildman–Crippen LogP) is 8.87. The van der Waals surface area contributed by atoms with Crippen molar-refractivity contribution in [3.8, 4) is 34.5 Å². The lowest BCUT2D eigenvalue weighted by atomic mass is 9.95. The quantitative estimate of drug-likeness (QED) is 0.102. The first kappa shape index (κ1) is 39.8. The van der Waals surface area contributed by atoms with Crippen molar-refractivity contribution in [2.24, 2.45) is 0 Å². The molecule has 0 spiro atoms. The van der Waals surface area contributed by atoms with E-state index in [1.807, 2.05) is 4.90 Å². The number of aromatic nitrogens is 3. The molecule has 56 heavy (non-hydrogen) atoms. The van der Waals surface area contributed by atoms with E-state index < -0.39 is 31.4 Å². The Morgan fingerprint density at radius 1 is 1.07 bits per heavy atom. The summed E-state index contributed by atoms with van der Waals surface area (Å²) >= 11 is 0. The maximum absolute atomic E-state index is 17.4. The third kappa shape index (κ3) is 7.18. The Morgan fingerprint density at radius 2 is 1.84 bits per heavy atom. The highest BCUT2D eigenvalue weighted by Crippen LogP contribution is 2.43. The number of alkyl halides is 1. The van der Waals surface area contributed by atoms with Crippen molar-refractivity contribution in [1.29, 1.82) is 0 Å². The topological polar surface area (TPSA) is 88.2 Å². The van der Waals surface area contributed by atoms with Gasteiger partial charge in [-0.2, -0.15) is 9.97 Å². The molecule has 4 aromatic rings. The third-order valence-electron chi connectivity index (χ3n) is 12.4. The number of phenols is 1. The van der Waals surface area contributed by atoms with Crippen molar-refractivity contribution in [3.63, 3.8) is 0 Å². The van der Waals surface area contributed by atoms with Crippen LogP contribution in [0.4, 0.5) is 19.0 Å². The summed E-state index contributed by atoms with van der Waals surface area (Å²) in [6.07, 6.45) is 2.87. The molecule has 3 fully saturated rings. The highest BCUT2D eigenvalue weighted by Gasteiger charge is 2.49. The van der Waals surface area contributed by atoms with Gasteiger partial charge in [0.25, 0.3) is 0 Å². The molecule has 5 heterocycles. The van der Waals surface area contributed by atoms with E-state index >= 15 is 8.78 Å².